The smallest absolute Gasteiger partial charge is 0.253 e. The maximum Gasteiger partial charge on any atom is 0.253 e. The fourth-order valence-corrected chi connectivity index (χ4v) is 4.19. The van der Waals surface area contributed by atoms with Crippen LogP contribution in [-0.4, -0.2) is 56.7 Å². The molecule has 0 aliphatic carbocycles. The van der Waals surface area contributed by atoms with Gasteiger partial charge in [-0.1, -0.05) is 43.3 Å². The summed E-state index contributed by atoms with van der Waals surface area (Å²) in [6.07, 6.45) is 3.49. The molecule has 0 bridgehead atoms. The molecule has 3 heterocycles. The van der Waals surface area contributed by atoms with Crippen molar-refractivity contribution in [3.63, 3.8) is 0 Å². The standard InChI is InChI=1S/C25H26N6O/c1-2-22-27-23(21-18-26-31(24(21)28-22)20-12-7-4-8-13-20)29-14-9-15-30(17-16-29)25(32)19-10-5-3-6-11-19/h3-8,10-13,18H,2,9,14-17H2,1H3. The van der Waals surface area contributed by atoms with E-state index in [2.05, 4.69) is 16.9 Å². The molecule has 5 rings (SSSR count). The first kappa shape index (κ1) is 20.2. The number of hydrogen-bond acceptors (Lipinski definition) is 5. The number of rotatable bonds is 4. The van der Waals surface area contributed by atoms with Crippen LogP contribution in [0.4, 0.5) is 5.82 Å². The van der Waals surface area contributed by atoms with Gasteiger partial charge in [0.25, 0.3) is 5.91 Å². The van der Waals surface area contributed by atoms with Crippen molar-refractivity contribution in [2.24, 2.45) is 0 Å². The quantitative estimate of drug-likeness (QED) is 0.497. The number of nitrogens with zero attached hydrogens (tertiary/aromatic N) is 6. The first-order valence-electron chi connectivity index (χ1n) is 11.1. The fourth-order valence-electron chi connectivity index (χ4n) is 4.19. The van der Waals surface area contributed by atoms with Gasteiger partial charge in [0.15, 0.2) is 5.65 Å². The molecule has 0 spiro atoms. The molecule has 7 heteroatoms. The molecule has 0 saturated carbocycles. The number of para-hydroxylation sites is 1. The van der Waals surface area contributed by atoms with E-state index < -0.39 is 0 Å². The summed E-state index contributed by atoms with van der Waals surface area (Å²) in [7, 11) is 0. The molecule has 1 aliphatic heterocycles. The third-order valence-corrected chi connectivity index (χ3v) is 5.88. The van der Waals surface area contributed by atoms with E-state index in [1.807, 2.05) is 76.4 Å². The van der Waals surface area contributed by atoms with Gasteiger partial charge in [-0.15, -0.1) is 0 Å². The SMILES string of the molecule is CCc1nc(N2CCCN(C(=O)c3ccccc3)CC2)c2cnn(-c3ccccc3)c2n1. The van der Waals surface area contributed by atoms with Crippen LogP contribution >= 0.6 is 0 Å². The minimum Gasteiger partial charge on any atom is -0.354 e. The lowest BCUT2D eigenvalue weighted by atomic mass is 10.2. The van der Waals surface area contributed by atoms with E-state index in [9.17, 15) is 4.79 Å². The summed E-state index contributed by atoms with van der Waals surface area (Å²) in [5.74, 6) is 1.79. The van der Waals surface area contributed by atoms with E-state index in [-0.39, 0.29) is 5.91 Å². The van der Waals surface area contributed by atoms with Crippen LogP contribution in [0.2, 0.25) is 0 Å². The Kier molecular flexibility index (Phi) is 5.54. The number of hydrogen-bond donors (Lipinski definition) is 0. The summed E-state index contributed by atoms with van der Waals surface area (Å²) in [5.41, 5.74) is 2.53. The van der Waals surface area contributed by atoms with E-state index in [1.54, 1.807) is 0 Å². The van der Waals surface area contributed by atoms with E-state index in [0.29, 0.717) is 6.54 Å². The van der Waals surface area contributed by atoms with Crippen molar-refractivity contribution in [1.29, 1.82) is 0 Å². The number of aromatic nitrogens is 4. The molecule has 0 unspecified atom stereocenters. The molecule has 2 aromatic carbocycles. The van der Waals surface area contributed by atoms with Gasteiger partial charge in [0, 0.05) is 38.2 Å². The van der Waals surface area contributed by atoms with Crippen LogP contribution in [0.15, 0.2) is 66.9 Å². The van der Waals surface area contributed by atoms with Crippen LogP contribution in [0.1, 0.15) is 29.5 Å². The maximum absolute atomic E-state index is 12.9. The van der Waals surface area contributed by atoms with Crippen LogP contribution in [-0.2, 0) is 6.42 Å². The minimum atomic E-state index is 0.0893. The number of carbonyl (C=O) groups is 1. The third kappa shape index (κ3) is 3.82. The third-order valence-electron chi connectivity index (χ3n) is 5.88. The molecule has 4 aromatic rings. The van der Waals surface area contributed by atoms with E-state index >= 15 is 0 Å². The van der Waals surface area contributed by atoms with Gasteiger partial charge in [-0.2, -0.15) is 5.10 Å². The van der Waals surface area contributed by atoms with Crippen LogP contribution in [0.25, 0.3) is 16.7 Å². The Morgan fingerprint density at radius 3 is 2.41 bits per heavy atom. The van der Waals surface area contributed by atoms with Gasteiger partial charge in [0.05, 0.1) is 17.3 Å². The number of fused-ring (bicyclic) bond motifs is 1. The highest BCUT2D eigenvalue weighted by Crippen LogP contribution is 2.27. The number of amides is 1. The zero-order valence-electron chi connectivity index (χ0n) is 18.2. The van der Waals surface area contributed by atoms with E-state index in [1.165, 1.54) is 0 Å². The summed E-state index contributed by atoms with van der Waals surface area (Å²) < 4.78 is 1.88. The van der Waals surface area contributed by atoms with Crippen molar-refractivity contribution < 1.29 is 4.79 Å². The topological polar surface area (TPSA) is 67.2 Å². The second kappa shape index (κ2) is 8.78. The fraction of sp³-hybridized carbons (Fsp3) is 0.280. The van der Waals surface area contributed by atoms with Gasteiger partial charge in [-0.3, -0.25) is 4.79 Å². The molecular weight excluding hydrogens is 400 g/mol. The van der Waals surface area contributed by atoms with Crippen molar-refractivity contribution in [3.8, 4) is 5.69 Å². The normalized spacial score (nSPS) is 14.5. The van der Waals surface area contributed by atoms with Gasteiger partial charge < -0.3 is 9.80 Å². The van der Waals surface area contributed by atoms with Gasteiger partial charge in [0.2, 0.25) is 0 Å². The zero-order valence-corrected chi connectivity index (χ0v) is 18.2. The van der Waals surface area contributed by atoms with Crippen molar-refractivity contribution in [3.05, 3.63) is 78.2 Å². The Bertz CT molecular complexity index is 1220. The van der Waals surface area contributed by atoms with Crippen LogP contribution < -0.4 is 4.90 Å². The summed E-state index contributed by atoms with van der Waals surface area (Å²) in [6.45, 7) is 5.03. The number of anilines is 1. The molecule has 1 aliphatic rings. The number of aryl methyl sites for hydroxylation is 1. The summed E-state index contributed by atoms with van der Waals surface area (Å²) in [5, 5.41) is 5.56. The molecule has 1 saturated heterocycles. The highest BCUT2D eigenvalue weighted by molar-refractivity contribution is 5.94. The first-order chi connectivity index (χ1) is 15.7. The van der Waals surface area contributed by atoms with Crippen LogP contribution in [0.5, 0.6) is 0 Å². The largest absolute Gasteiger partial charge is 0.354 e. The number of carbonyl (C=O) groups excluding carboxylic acids is 1. The highest BCUT2D eigenvalue weighted by atomic mass is 16.2. The molecule has 1 fully saturated rings. The Morgan fingerprint density at radius 2 is 1.66 bits per heavy atom. The summed E-state index contributed by atoms with van der Waals surface area (Å²) in [4.78, 5) is 26.8. The second-order valence-corrected chi connectivity index (χ2v) is 7.95. The lowest BCUT2D eigenvalue weighted by Crippen LogP contribution is -2.35. The van der Waals surface area contributed by atoms with Crippen molar-refractivity contribution in [2.75, 3.05) is 31.1 Å². The molecule has 0 atom stereocenters. The van der Waals surface area contributed by atoms with Crippen molar-refractivity contribution in [1.82, 2.24) is 24.6 Å². The van der Waals surface area contributed by atoms with E-state index in [0.717, 1.165) is 66.4 Å². The Morgan fingerprint density at radius 1 is 0.906 bits per heavy atom. The lowest BCUT2D eigenvalue weighted by molar-refractivity contribution is 0.0767. The molecule has 0 radical (unpaired) electrons. The molecular formula is C25H26N6O. The van der Waals surface area contributed by atoms with Gasteiger partial charge in [-0.25, -0.2) is 14.6 Å². The predicted octanol–water partition coefficient (Wildman–Crippen LogP) is 3.73. The Balaban J connectivity index is 1.45. The molecule has 1 amide bonds. The average Bonchev–Trinajstić information content (AvgIpc) is 3.13. The molecule has 7 nitrogen and oxygen atoms in total. The Hall–Kier alpha value is -3.74. The van der Waals surface area contributed by atoms with Gasteiger partial charge >= 0.3 is 0 Å². The van der Waals surface area contributed by atoms with E-state index in [4.69, 9.17) is 9.97 Å². The maximum atomic E-state index is 12.9. The first-order valence-corrected chi connectivity index (χ1v) is 11.1. The monoisotopic (exact) mass is 426 g/mol. The van der Waals surface area contributed by atoms with Crippen molar-refractivity contribution in [2.45, 2.75) is 19.8 Å². The second-order valence-electron chi connectivity index (χ2n) is 7.95. The van der Waals surface area contributed by atoms with Crippen LogP contribution in [0, 0.1) is 0 Å². The molecule has 32 heavy (non-hydrogen) atoms. The highest BCUT2D eigenvalue weighted by Gasteiger charge is 2.24. The van der Waals surface area contributed by atoms with Gasteiger partial charge in [0.1, 0.15) is 11.6 Å². The number of benzene rings is 2. The summed E-state index contributed by atoms with van der Waals surface area (Å²) in [6, 6.07) is 19.6. The Labute approximate surface area is 187 Å². The predicted molar refractivity (Wildman–Crippen MR) is 125 cm³/mol. The lowest BCUT2D eigenvalue weighted by Gasteiger charge is -2.23. The van der Waals surface area contributed by atoms with Crippen molar-refractivity contribution >= 4 is 22.8 Å². The average molecular weight is 427 g/mol. The van der Waals surface area contributed by atoms with Crippen LogP contribution in [0.3, 0.4) is 0 Å². The summed E-state index contributed by atoms with van der Waals surface area (Å²) >= 11 is 0. The minimum absolute atomic E-state index is 0.0893. The molecule has 0 N–H and O–H groups in total. The molecule has 2 aromatic heterocycles. The van der Waals surface area contributed by atoms with Gasteiger partial charge in [-0.05, 0) is 30.7 Å². The molecule has 162 valence electrons. The zero-order chi connectivity index (χ0) is 21.9.